The molecular formula is C14H11F2N5O. The Hall–Kier alpha value is -2.74. The van der Waals surface area contributed by atoms with Crippen molar-refractivity contribution in [2.75, 3.05) is 0 Å². The summed E-state index contributed by atoms with van der Waals surface area (Å²) < 4.78 is 26.0. The van der Waals surface area contributed by atoms with Crippen LogP contribution < -0.4 is 0 Å². The van der Waals surface area contributed by atoms with Gasteiger partial charge in [0.15, 0.2) is 11.6 Å². The zero-order chi connectivity index (χ0) is 15.5. The zero-order valence-corrected chi connectivity index (χ0v) is 11.3. The largest absolute Gasteiger partial charge is 0.386 e. The van der Waals surface area contributed by atoms with E-state index in [1.807, 2.05) is 0 Å². The standard InChI is InChI=1S/C14H11F2N5O/c15-11-4-3-9(6-12(11)16)13(22)8-21-19-14(18-20-21)10-2-1-5-17-7-10/h1-7,13,22H,8H2. The molecule has 1 atom stereocenters. The summed E-state index contributed by atoms with van der Waals surface area (Å²) in [6, 6.07) is 6.73. The van der Waals surface area contributed by atoms with E-state index in [-0.39, 0.29) is 12.1 Å². The van der Waals surface area contributed by atoms with Crippen molar-refractivity contribution in [1.29, 1.82) is 0 Å². The SMILES string of the molecule is OC(Cn1nnc(-c2cccnc2)n1)c1ccc(F)c(F)c1. The minimum atomic E-state index is -1.08. The van der Waals surface area contributed by atoms with Gasteiger partial charge in [0.2, 0.25) is 5.82 Å². The second-order valence-electron chi connectivity index (χ2n) is 4.60. The van der Waals surface area contributed by atoms with Crippen molar-refractivity contribution in [3.8, 4) is 11.4 Å². The van der Waals surface area contributed by atoms with Crippen LogP contribution in [0.3, 0.4) is 0 Å². The van der Waals surface area contributed by atoms with Gasteiger partial charge in [0.1, 0.15) is 6.10 Å². The number of nitrogens with zero attached hydrogens (tertiary/aromatic N) is 5. The summed E-state index contributed by atoms with van der Waals surface area (Å²) >= 11 is 0. The third kappa shape index (κ3) is 2.96. The number of pyridine rings is 1. The molecule has 3 rings (SSSR count). The van der Waals surface area contributed by atoms with Gasteiger partial charge in [-0.2, -0.15) is 4.80 Å². The molecule has 112 valence electrons. The number of aliphatic hydroxyl groups is 1. The Morgan fingerprint density at radius 3 is 2.77 bits per heavy atom. The molecule has 3 aromatic rings. The van der Waals surface area contributed by atoms with Crippen molar-refractivity contribution >= 4 is 0 Å². The van der Waals surface area contributed by atoms with Crippen LogP contribution in [0, 0.1) is 11.6 Å². The van der Waals surface area contributed by atoms with Crippen LogP contribution in [0.1, 0.15) is 11.7 Å². The van der Waals surface area contributed by atoms with Gasteiger partial charge in [-0.05, 0) is 35.0 Å². The summed E-state index contributed by atoms with van der Waals surface area (Å²) in [5.41, 5.74) is 0.926. The molecule has 1 unspecified atom stereocenters. The summed E-state index contributed by atoms with van der Waals surface area (Å²) in [6.07, 6.45) is 2.14. The van der Waals surface area contributed by atoms with E-state index in [4.69, 9.17) is 0 Å². The molecule has 6 nitrogen and oxygen atoms in total. The summed E-state index contributed by atoms with van der Waals surface area (Å²) in [4.78, 5) is 5.14. The van der Waals surface area contributed by atoms with Crippen molar-refractivity contribution in [1.82, 2.24) is 25.2 Å². The zero-order valence-electron chi connectivity index (χ0n) is 11.3. The molecule has 0 aliphatic heterocycles. The molecule has 1 N–H and O–H groups in total. The fourth-order valence-electron chi connectivity index (χ4n) is 1.91. The van der Waals surface area contributed by atoms with Gasteiger partial charge in [-0.3, -0.25) is 4.98 Å². The molecule has 0 spiro atoms. The van der Waals surface area contributed by atoms with Gasteiger partial charge >= 0.3 is 0 Å². The molecule has 2 aromatic heterocycles. The molecule has 2 heterocycles. The molecule has 0 fully saturated rings. The molecule has 8 heteroatoms. The molecule has 22 heavy (non-hydrogen) atoms. The highest BCUT2D eigenvalue weighted by Gasteiger charge is 2.14. The maximum absolute atomic E-state index is 13.2. The normalized spacial score (nSPS) is 12.3. The molecule has 1 aromatic carbocycles. The Bertz CT molecular complexity index is 778. The average molecular weight is 303 g/mol. The van der Waals surface area contributed by atoms with Crippen molar-refractivity contribution < 1.29 is 13.9 Å². The maximum Gasteiger partial charge on any atom is 0.206 e. The first-order chi connectivity index (χ1) is 10.6. The molecule has 0 aliphatic carbocycles. The number of hydrogen-bond acceptors (Lipinski definition) is 5. The van der Waals surface area contributed by atoms with Gasteiger partial charge in [0, 0.05) is 18.0 Å². The third-order valence-corrected chi connectivity index (χ3v) is 3.04. The van der Waals surface area contributed by atoms with Crippen LogP contribution in [0.5, 0.6) is 0 Å². The van der Waals surface area contributed by atoms with Gasteiger partial charge in [0.25, 0.3) is 0 Å². The molecule has 0 aliphatic rings. The Balaban J connectivity index is 1.76. The fraction of sp³-hybridized carbons (Fsp3) is 0.143. The minimum Gasteiger partial charge on any atom is -0.386 e. The van der Waals surface area contributed by atoms with E-state index in [9.17, 15) is 13.9 Å². The van der Waals surface area contributed by atoms with Gasteiger partial charge in [-0.1, -0.05) is 6.07 Å². The number of tetrazole rings is 1. The second kappa shape index (κ2) is 5.94. The van der Waals surface area contributed by atoms with Crippen LogP contribution in [0.15, 0.2) is 42.7 Å². The van der Waals surface area contributed by atoms with E-state index < -0.39 is 17.7 Å². The Morgan fingerprint density at radius 2 is 2.05 bits per heavy atom. The lowest BCUT2D eigenvalue weighted by Gasteiger charge is -2.09. The number of hydrogen-bond donors (Lipinski definition) is 1. The topological polar surface area (TPSA) is 76.7 Å². The fourth-order valence-corrected chi connectivity index (χ4v) is 1.91. The lowest BCUT2D eigenvalue weighted by Crippen LogP contribution is -2.12. The Kier molecular flexibility index (Phi) is 3.84. The Morgan fingerprint density at radius 1 is 1.18 bits per heavy atom. The van der Waals surface area contributed by atoms with Crippen LogP contribution in [0.4, 0.5) is 8.78 Å². The van der Waals surface area contributed by atoms with Gasteiger partial charge < -0.3 is 5.11 Å². The quantitative estimate of drug-likeness (QED) is 0.794. The number of rotatable bonds is 4. The van der Waals surface area contributed by atoms with Crippen molar-refractivity contribution in [2.24, 2.45) is 0 Å². The molecule has 0 saturated heterocycles. The van der Waals surface area contributed by atoms with Crippen LogP contribution in [-0.4, -0.2) is 30.3 Å². The number of aromatic nitrogens is 5. The van der Waals surface area contributed by atoms with Crippen molar-refractivity contribution in [3.63, 3.8) is 0 Å². The van der Waals surface area contributed by atoms with Crippen molar-refractivity contribution in [2.45, 2.75) is 12.6 Å². The minimum absolute atomic E-state index is 0.0294. The van der Waals surface area contributed by atoms with E-state index in [0.29, 0.717) is 11.4 Å². The molecule has 0 radical (unpaired) electrons. The van der Waals surface area contributed by atoms with Crippen molar-refractivity contribution in [3.05, 3.63) is 59.9 Å². The van der Waals surface area contributed by atoms with Crippen LogP contribution in [0.2, 0.25) is 0 Å². The second-order valence-corrected chi connectivity index (χ2v) is 4.60. The summed E-state index contributed by atoms with van der Waals surface area (Å²) in [6.45, 7) is -0.0294. The predicted octanol–water partition coefficient (Wildman–Crippen LogP) is 1.75. The molecule has 0 saturated carbocycles. The highest BCUT2D eigenvalue weighted by Crippen LogP contribution is 2.18. The smallest absolute Gasteiger partial charge is 0.206 e. The van der Waals surface area contributed by atoms with Crippen LogP contribution in [-0.2, 0) is 6.54 Å². The third-order valence-electron chi connectivity index (χ3n) is 3.04. The molecule has 0 amide bonds. The van der Waals surface area contributed by atoms with E-state index in [2.05, 4.69) is 20.4 Å². The van der Waals surface area contributed by atoms with Crippen LogP contribution in [0.25, 0.3) is 11.4 Å². The van der Waals surface area contributed by atoms with E-state index in [0.717, 1.165) is 12.1 Å². The summed E-state index contributed by atoms with van der Waals surface area (Å²) in [5.74, 6) is -1.61. The predicted molar refractivity (Wildman–Crippen MR) is 72.4 cm³/mol. The first-order valence-electron chi connectivity index (χ1n) is 6.44. The summed E-state index contributed by atoms with van der Waals surface area (Å²) in [7, 11) is 0. The van der Waals surface area contributed by atoms with E-state index in [1.54, 1.807) is 24.5 Å². The van der Waals surface area contributed by atoms with Gasteiger partial charge in [-0.15, -0.1) is 10.2 Å². The number of benzene rings is 1. The first kappa shape index (κ1) is 14.2. The highest BCUT2D eigenvalue weighted by molar-refractivity contribution is 5.51. The molecule has 0 bridgehead atoms. The lowest BCUT2D eigenvalue weighted by atomic mass is 10.1. The van der Waals surface area contributed by atoms with E-state index in [1.165, 1.54) is 10.9 Å². The van der Waals surface area contributed by atoms with Gasteiger partial charge in [0.05, 0.1) is 6.54 Å². The monoisotopic (exact) mass is 303 g/mol. The summed E-state index contributed by atoms with van der Waals surface area (Å²) in [5, 5.41) is 21.8. The maximum atomic E-state index is 13.2. The lowest BCUT2D eigenvalue weighted by molar-refractivity contribution is 0.144. The highest BCUT2D eigenvalue weighted by atomic mass is 19.2. The Labute approximate surface area is 124 Å². The molecular weight excluding hydrogens is 292 g/mol. The van der Waals surface area contributed by atoms with Gasteiger partial charge in [-0.25, -0.2) is 8.78 Å². The van der Waals surface area contributed by atoms with E-state index >= 15 is 0 Å². The number of aliphatic hydroxyl groups excluding tert-OH is 1. The first-order valence-corrected chi connectivity index (χ1v) is 6.44. The number of halogens is 2. The van der Waals surface area contributed by atoms with Crippen LogP contribution >= 0.6 is 0 Å². The average Bonchev–Trinajstić information content (AvgIpc) is 2.99.